The Morgan fingerprint density at radius 3 is 1.58 bits per heavy atom. The number of hydrogen-bond acceptors (Lipinski definition) is 7. The number of nitrogens with one attached hydrogen (secondary N) is 4. The maximum atomic E-state index is 12.0. The average Bonchev–Trinajstić information content (AvgIpc) is 2.97. The third-order valence-electron chi connectivity index (χ3n) is 6.63. The summed E-state index contributed by atoms with van der Waals surface area (Å²) in [4.78, 5) is 53.2. The highest BCUT2D eigenvalue weighted by Gasteiger charge is 2.14. The Kier molecular flexibility index (Phi) is 13.1. The molecule has 0 saturated carbocycles. The smallest absolute Gasteiger partial charge is 0.330 e. The summed E-state index contributed by atoms with van der Waals surface area (Å²) in [6.45, 7) is 11.0. The molecule has 0 spiro atoms. The molecule has 13 heteroatoms. The normalized spacial score (nSPS) is 12.1. The Labute approximate surface area is 270 Å². The van der Waals surface area contributed by atoms with Crippen molar-refractivity contribution in [2.45, 2.75) is 65.7 Å². The van der Waals surface area contributed by atoms with Crippen LogP contribution in [0.15, 0.2) is 84.3 Å². The molecule has 11 nitrogen and oxygen atoms in total. The van der Waals surface area contributed by atoms with E-state index in [2.05, 4.69) is 42.6 Å². The summed E-state index contributed by atoms with van der Waals surface area (Å²) in [5.74, 6) is 0.761. The first-order valence-corrected chi connectivity index (χ1v) is 14.9. The molecule has 0 bridgehead atoms. The van der Waals surface area contributed by atoms with Gasteiger partial charge in [0.25, 0.3) is 11.1 Å². The van der Waals surface area contributed by atoms with E-state index in [0.717, 1.165) is 20.2 Å². The Bertz CT molecular complexity index is 1820. The van der Waals surface area contributed by atoms with Crippen molar-refractivity contribution >= 4 is 27.6 Å². The molecule has 0 amide bonds. The molecule has 0 fully saturated rings. The van der Waals surface area contributed by atoms with Crippen LogP contribution >= 0.6 is 15.9 Å². The van der Waals surface area contributed by atoms with Crippen molar-refractivity contribution in [3.63, 3.8) is 0 Å². The van der Waals surface area contributed by atoms with Crippen LogP contribution in [0, 0.1) is 11.3 Å². The van der Waals surface area contributed by atoms with Gasteiger partial charge in [0, 0.05) is 28.7 Å². The summed E-state index contributed by atoms with van der Waals surface area (Å²) in [6, 6.07) is 19.3. The second-order valence-corrected chi connectivity index (χ2v) is 11.4. The van der Waals surface area contributed by atoms with E-state index in [4.69, 9.17) is 6.63 Å². The molecule has 2 aromatic carbocycles. The second-order valence-electron chi connectivity index (χ2n) is 10.5. The van der Waals surface area contributed by atoms with E-state index < -0.39 is 18.5 Å². The summed E-state index contributed by atoms with van der Waals surface area (Å²) >= 11 is 3.49. The molecule has 240 valence electrons. The summed E-state index contributed by atoms with van der Waals surface area (Å²) in [7, 11) is -1.00. The fourth-order valence-corrected chi connectivity index (χ4v) is 5.20. The topological polar surface area (TPSA) is 158 Å². The molecular formula is C32H39BrFN7O4. The molecule has 0 aliphatic carbocycles. The third-order valence-corrected chi connectivity index (χ3v) is 7.35. The van der Waals surface area contributed by atoms with Crippen LogP contribution in [0.2, 0.25) is 0 Å². The minimum atomic E-state index is -1.00. The van der Waals surface area contributed by atoms with Gasteiger partial charge in [-0.1, -0.05) is 52.3 Å². The van der Waals surface area contributed by atoms with Crippen LogP contribution in [-0.2, 0) is 0 Å². The van der Waals surface area contributed by atoms with E-state index in [1.807, 2.05) is 50.2 Å². The average molecular weight is 686 g/mol. The van der Waals surface area contributed by atoms with Gasteiger partial charge in [-0.3, -0.25) is 33.1 Å². The molecule has 0 saturated heterocycles. The highest BCUT2D eigenvalue weighted by molar-refractivity contribution is 9.10. The van der Waals surface area contributed by atoms with Crippen molar-refractivity contribution in [2.75, 3.05) is 17.8 Å². The van der Waals surface area contributed by atoms with Crippen LogP contribution < -0.4 is 33.1 Å². The number of nitrogens with zero attached hydrogens (tertiary/aromatic N) is 3. The summed E-state index contributed by atoms with van der Waals surface area (Å²) in [5.41, 5.74) is 0.883. The highest BCUT2D eigenvalue weighted by atomic mass is 79.9. The number of anilines is 2. The van der Waals surface area contributed by atoms with Crippen molar-refractivity contribution < 1.29 is 5.76 Å². The first-order valence-electron chi connectivity index (χ1n) is 14.8. The number of halogens is 2. The van der Waals surface area contributed by atoms with E-state index in [1.54, 1.807) is 39.8 Å². The van der Waals surface area contributed by atoms with Gasteiger partial charge in [0.1, 0.15) is 11.6 Å². The molecule has 45 heavy (non-hydrogen) atoms. The van der Waals surface area contributed by atoms with Crippen LogP contribution in [0.1, 0.15) is 83.8 Å². The molecule has 0 radical (unpaired) electrons. The monoisotopic (exact) mass is 684 g/mol. The van der Waals surface area contributed by atoms with E-state index in [-0.39, 0.29) is 35.3 Å². The molecule has 0 unspecified atom stereocenters. The number of aromatic nitrogens is 4. The summed E-state index contributed by atoms with van der Waals surface area (Å²) in [5, 5.41) is 15.3. The van der Waals surface area contributed by atoms with Crippen molar-refractivity contribution in [2.24, 2.45) is 0 Å². The number of aromatic amines is 2. The summed E-state index contributed by atoms with van der Waals surface area (Å²) < 4.78 is 18.8. The zero-order valence-corrected chi connectivity index (χ0v) is 27.6. The Balaban J connectivity index is 0.000000295. The van der Waals surface area contributed by atoms with Gasteiger partial charge >= 0.3 is 11.4 Å². The quantitative estimate of drug-likeness (QED) is 0.183. The van der Waals surface area contributed by atoms with Crippen LogP contribution in [0.3, 0.4) is 0 Å². The fourth-order valence-electron chi connectivity index (χ4n) is 4.57. The lowest BCUT2D eigenvalue weighted by atomic mass is 10.0. The summed E-state index contributed by atoms with van der Waals surface area (Å²) in [6.07, 6.45) is 0. The Hall–Kier alpha value is -4.70. The zero-order valence-electron chi connectivity index (χ0n) is 27.0. The maximum absolute atomic E-state index is 12.0. The lowest BCUT2D eigenvalue weighted by Gasteiger charge is -2.17. The number of hydrogen-bond donors (Lipinski definition) is 4. The van der Waals surface area contributed by atoms with Gasteiger partial charge in [-0.05, 0) is 64.8 Å². The van der Waals surface area contributed by atoms with Crippen LogP contribution in [0.5, 0.6) is 0 Å². The number of nitriles is 1. The van der Waals surface area contributed by atoms with Gasteiger partial charge in [-0.2, -0.15) is 5.26 Å². The third kappa shape index (κ3) is 9.64. The largest absolute Gasteiger partial charge is 0.365 e. The number of rotatable bonds is 8. The van der Waals surface area contributed by atoms with Gasteiger partial charge in [0.05, 0.1) is 32.2 Å². The van der Waals surface area contributed by atoms with Crippen molar-refractivity contribution in [1.29, 1.82) is 5.26 Å². The first-order chi connectivity index (χ1) is 21.7. The molecule has 0 aliphatic heterocycles. The van der Waals surface area contributed by atoms with Gasteiger partial charge in [-0.25, -0.2) is 9.59 Å². The van der Waals surface area contributed by atoms with E-state index in [0.29, 0.717) is 17.2 Å². The first kappa shape index (κ1) is 34.8. The lowest BCUT2D eigenvalue weighted by molar-refractivity contribution is 0.546. The van der Waals surface area contributed by atoms with Gasteiger partial charge < -0.3 is 10.6 Å². The fraction of sp³-hybridized carbons (Fsp3) is 0.344. The Morgan fingerprint density at radius 2 is 1.18 bits per heavy atom. The minimum absolute atomic E-state index is 0.0504. The van der Waals surface area contributed by atoms with Crippen LogP contribution in [0.4, 0.5) is 16.0 Å². The predicted molar refractivity (Wildman–Crippen MR) is 180 cm³/mol. The molecule has 0 aliphatic rings. The number of benzene rings is 2. The van der Waals surface area contributed by atoms with Crippen molar-refractivity contribution in [3.8, 4) is 6.07 Å². The molecule has 4 N–H and O–H groups in total. The predicted octanol–water partition coefficient (Wildman–Crippen LogP) is 5.80. The van der Waals surface area contributed by atoms with E-state index in [1.165, 1.54) is 16.7 Å². The lowest BCUT2D eigenvalue weighted by Crippen LogP contribution is -2.36. The van der Waals surface area contributed by atoms with Gasteiger partial charge in [0.2, 0.25) is 0 Å². The number of H-pyrrole nitrogens is 2. The molecule has 2 atom stereocenters. The van der Waals surface area contributed by atoms with Crippen LogP contribution in [-0.4, -0.2) is 26.3 Å². The van der Waals surface area contributed by atoms with Crippen molar-refractivity contribution in [3.05, 3.63) is 124 Å². The van der Waals surface area contributed by atoms with E-state index >= 15 is 0 Å². The standard InChI is InChI=1S/C16H18N4O2.C15H18BrN3O2.CH3F/c1-10(2)20-15(21)8-14(19-16(20)22)18-11(3)13-7-5-4-6-12(13)9-17;1-9(2)19-14(20)8-13(18-15(19)21)17-10(3)11-6-4-5-7-12(11)16;1-2/h4-8,10-11,18H,1-3H3,(H,19,22);4-10,17H,1-3H3,(H,18,21);1H3/t11-;10-;/m00./s1/i;;1D. The van der Waals surface area contributed by atoms with E-state index in [9.17, 15) is 23.6 Å². The SMILES string of the molecule is CC(C)n1c(=O)cc(N[C@@H](C)c2ccccc2Br)[nH]c1=O.CC(C)n1c(=O)cc(N[C@@H](C)c2ccccc2C#N)[nH]c1=O.[2H]CF. The molecule has 2 heterocycles. The molecular weight excluding hydrogens is 645 g/mol. The minimum Gasteiger partial charge on any atom is -0.365 e. The zero-order chi connectivity index (χ0) is 34.6. The Morgan fingerprint density at radius 1 is 0.778 bits per heavy atom. The van der Waals surface area contributed by atoms with Crippen molar-refractivity contribution in [1.82, 2.24) is 19.1 Å². The maximum Gasteiger partial charge on any atom is 0.330 e. The highest BCUT2D eigenvalue weighted by Crippen LogP contribution is 2.25. The number of alkyl halides is 1. The molecule has 4 rings (SSSR count). The molecule has 4 aromatic rings. The van der Waals surface area contributed by atoms with Gasteiger partial charge in [-0.15, -0.1) is 0 Å². The van der Waals surface area contributed by atoms with Gasteiger partial charge in [0.15, 0.2) is 0 Å². The van der Waals surface area contributed by atoms with Crippen LogP contribution in [0.25, 0.3) is 0 Å². The second kappa shape index (κ2) is 17.0. The molecule has 2 aromatic heterocycles.